The van der Waals surface area contributed by atoms with E-state index >= 15 is 0 Å². The SMILES string of the molecule is CCc1ccc(NC(=O)COC(=O)[C@@H]2CC(=O)N(c3ccc([N+](=O)[O-])cc3)C2)cc1. The predicted octanol–water partition coefficient (Wildman–Crippen LogP) is 2.69. The number of amides is 2. The molecule has 2 aromatic rings. The number of nitrogens with one attached hydrogen (secondary N) is 1. The zero-order valence-corrected chi connectivity index (χ0v) is 16.4. The fourth-order valence-electron chi connectivity index (χ4n) is 3.14. The van der Waals surface area contributed by atoms with Crippen LogP contribution < -0.4 is 10.2 Å². The van der Waals surface area contributed by atoms with Crippen molar-refractivity contribution in [1.82, 2.24) is 0 Å². The molecule has 2 amide bonds. The molecule has 0 spiro atoms. The third-order valence-corrected chi connectivity index (χ3v) is 4.82. The Hall–Kier alpha value is -3.75. The quantitative estimate of drug-likeness (QED) is 0.425. The number of rotatable bonds is 7. The van der Waals surface area contributed by atoms with Crippen molar-refractivity contribution in [3.8, 4) is 0 Å². The molecule has 30 heavy (non-hydrogen) atoms. The van der Waals surface area contributed by atoms with E-state index in [-0.39, 0.29) is 24.6 Å². The first kappa shape index (κ1) is 21.0. The van der Waals surface area contributed by atoms with Crippen molar-refractivity contribution in [1.29, 1.82) is 0 Å². The van der Waals surface area contributed by atoms with Gasteiger partial charge >= 0.3 is 5.97 Å². The third-order valence-electron chi connectivity index (χ3n) is 4.82. The summed E-state index contributed by atoms with van der Waals surface area (Å²) in [6.45, 7) is 1.68. The van der Waals surface area contributed by atoms with Crippen LogP contribution in [0.25, 0.3) is 0 Å². The van der Waals surface area contributed by atoms with E-state index in [9.17, 15) is 24.5 Å². The Balaban J connectivity index is 1.51. The van der Waals surface area contributed by atoms with Gasteiger partial charge in [-0.15, -0.1) is 0 Å². The van der Waals surface area contributed by atoms with E-state index in [0.29, 0.717) is 11.4 Å². The summed E-state index contributed by atoms with van der Waals surface area (Å²) in [5.74, 6) is -2.09. The highest BCUT2D eigenvalue weighted by atomic mass is 16.6. The number of anilines is 2. The average molecular weight is 411 g/mol. The summed E-state index contributed by atoms with van der Waals surface area (Å²) in [5.41, 5.74) is 2.13. The maximum absolute atomic E-state index is 12.3. The van der Waals surface area contributed by atoms with Crippen LogP contribution in [0.4, 0.5) is 17.1 Å². The summed E-state index contributed by atoms with van der Waals surface area (Å²) in [7, 11) is 0. The van der Waals surface area contributed by atoms with Crippen molar-refractivity contribution >= 4 is 34.8 Å². The van der Waals surface area contributed by atoms with E-state index in [0.717, 1.165) is 12.0 Å². The fourth-order valence-corrected chi connectivity index (χ4v) is 3.14. The number of aryl methyl sites for hydroxylation is 1. The first-order chi connectivity index (χ1) is 14.4. The summed E-state index contributed by atoms with van der Waals surface area (Å²) < 4.78 is 5.07. The smallest absolute Gasteiger partial charge is 0.311 e. The normalized spacial score (nSPS) is 15.7. The molecule has 1 fully saturated rings. The average Bonchev–Trinajstić information content (AvgIpc) is 3.14. The van der Waals surface area contributed by atoms with Crippen LogP contribution in [0.1, 0.15) is 18.9 Å². The van der Waals surface area contributed by atoms with Gasteiger partial charge in [-0.05, 0) is 36.2 Å². The number of hydrogen-bond acceptors (Lipinski definition) is 6. The second-order valence-electron chi connectivity index (χ2n) is 6.89. The van der Waals surface area contributed by atoms with Crippen LogP contribution in [0.3, 0.4) is 0 Å². The number of ether oxygens (including phenoxy) is 1. The van der Waals surface area contributed by atoms with Crippen LogP contribution in [0.5, 0.6) is 0 Å². The van der Waals surface area contributed by atoms with E-state index in [2.05, 4.69) is 5.32 Å². The highest BCUT2D eigenvalue weighted by Gasteiger charge is 2.36. The predicted molar refractivity (Wildman–Crippen MR) is 109 cm³/mol. The van der Waals surface area contributed by atoms with E-state index in [1.165, 1.54) is 29.2 Å². The molecule has 1 saturated heterocycles. The zero-order valence-electron chi connectivity index (χ0n) is 16.4. The number of nitrogens with zero attached hydrogens (tertiary/aromatic N) is 2. The Kier molecular flexibility index (Phi) is 6.41. The summed E-state index contributed by atoms with van der Waals surface area (Å²) in [4.78, 5) is 48.1. The molecule has 1 aliphatic rings. The molecule has 1 heterocycles. The van der Waals surface area contributed by atoms with E-state index < -0.39 is 29.3 Å². The lowest BCUT2D eigenvalue weighted by atomic mass is 10.1. The molecular formula is C21H21N3O6. The number of hydrogen-bond donors (Lipinski definition) is 1. The Morgan fingerprint density at radius 1 is 1.17 bits per heavy atom. The molecule has 0 unspecified atom stereocenters. The van der Waals surface area contributed by atoms with Crippen molar-refractivity contribution < 1.29 is 24.0 Å². The number of carbonyl (C=O) groups excluding carboxylic acids is 3. The summed E-state index contributed by atoms with van der Waals surface area (Å²) in [5, 5.41) is 13.4. The van der Waals surface area contributed by atoms with Gasteiger partial charge in [-0.25, -0.2) is 0 Å². The molecule has 0 aliphatic carbocycles. The van der Waals surface area contributed by atoms with Crippen LogP contribution >= 0.6 is 0 Å². The van der Waals surface area contributed by atoms with Gasteiger partial charge in [-0.2, -0.15) is 0 Å². The standard InChI is InChI=1S/C21H21N3O6/c1-2-14-3-5-16(6-4-14)22-19(25)13-30-21(27)15-11-20(26)23(12-15)17-7-9-18(10-8-17)24(28)29/h3-10,15H,2,11-13H2,1H3,(H,22,25)/t15-/m1/s1. The minimum absolute atomic E-state index is 0.0457. The highest BCUT2D eigenvalue weighted by molar-refractivity contribution is 6.00. The van der Waals surface area contributed by atoms with Crippen molar-refractivity contribution in [3.05, 3.63) is 64.2 Å². The topological polar surface area (TPSA) is 119 Å². The monoisotopic (exact) mass is 411 g/mol. The molecule has 9 heteroatoms. The number of esters is 1. The second kappa shape index (κ2) is 9.17. The Bertz CT molecular complexity index is 956. The van der Waals surface area contributed by atoms with Gasteiger partial charge in [0, 0.05) is 36.5 Å². The van der Waals surface area contributed by atoms with Gasteiger partial charge in [0.2, 0.25) is 5.91 Å². The molecule has 0 saturated carbocycles. The molecule has 0 aromatic heterocycles. The Morgan fingerprint density at radius 3 is 2.43 bits per heavy atom. The van der Waals surface area contributed by atoms with E-state index in [1.54, 1.807) is 12.1 Å². The van der Waals surface area contributed by atoms with Crippen molar-refractivity contribution in [2.24, 2.45) is 5.92 Å². The van der Waals surface area contributed by atoms with Crippen LogP contribution in [-0.2, 0) is 25.5 Å². The summed E-state index contributed by atoms with van der Waals surface area (Å²) in [6.07, 6.45) is 0.846. The lowest BCUT2D eigenvalue weighted by Gasteiger charge is -2.16. The lowest BCUT2D eigenvalue weighted by Crippen LogP contribution is -2.28. The van der Waals surface area contributed by atoms with Crippen LogP contribution in [0.15, 0.2) is 48.5 Å². The molecule has 1 N–H and O–H groups in total. The van der Waals surface area contributed by atoms with Gasteiger partial charge in [0.15, 0.2) is 6.61 Å². The molecule has 3 rings (SSSR count). The number of nitro benzene ring substituents is 1. The van der Waals surface area contributed by atoms with Crippen LogP contribution in [0.2, 0.25) is 0 Å². The first-order valence-corrected chi connectivity index (χ1v) is 9.47. The number of carbonyl (C=O) groups is 3. The molecule has 2 aromatic carbocycles. The Labute approximate surface area is 172 Å². The second-order valence-corrected chi connectivity index (χ2v) is 6.89. The molecule has 0 radical (unpaired) electrons. The fraction of sp³-hybridized carbons (Fsp3) is 0.286. The Morgan fingerprint density at radius 2 is 1.83 bits per heavy atom. The van der Waals surface area contributed by atoms with Gasteiger partial charge in [-0.1, -0.05) is 19.1 Å². The van der Waals surface area contributed by atoms with Gasteiger partial charge in [0.1, 0.15) is 0 Å². The van der Waals surface area contributed by atoms with Crippen molar-refractivity contribution in [3.63, 3.8) is 0 Å². The maximum Gasteiger partial charge on any atom is 0.311 e. The zero-order chi connectivity index (χ0) is 21.7. The molecule has 9 nitrogen and oxygen atoms in total. The first-order valence-electron chi connectivity index (χ1n) is 9.47. The van der Waals surface area contributed by atoms with Gasteiger partial charge in [0.25, 0.3) is 11.6 Å². The van der Waals surface area contributed by atoms with Crippen molar-refractivity contribution in [2.75, 3.05) is 23.4 Å². The number of nitro groups is 1. The largest absolute Gasteiger partial charge is 0.455 e. The molecule has 1 atom stereocenters. The lowest BCUT2D eigenvalue weighted by molar-refractivity contribution is -0.384. The summed E-state index contributed by atoms with van der Waals surface area (Å²) in [6, 6.07) is 12.9. The van der Waals surface area contributed by atoms with Gasteiger partial charge < -0.3 is 15.0 Å². The maximum atomic E-state index is 12.3. The highest BCUT2D eigenvalue weighted by Crippen LogP contribution is 2.27. The van der Waals surface area contributed by atoms with Crippen LogP contribution in [0, 0.1) is 16.0 Å². The van der Waals surface area contributed by atoms with Crippen LogP contribution in [-0.4, -0.2) is 35.9 Å². The van der Waals surface area contributed by atoms with E-state index in [4.69, 9.17) is 4.74 Å². The van der Waals surface area contributed by atoms with E-state index in [1.807, 2.05) is 19.1 Å². The van der Waals surface area contributed by atoms with Crippen molar-refractivity contribution in [2.45, 2.75) is 19.8 Å². The van der Waals surface area contributed by atoms with Gasteiger partial charge in [-0.3, -0.25) is 24.5 Å². The number of benzene rings is 2. The molecule has 156 valence electrons. The minimum Gasteiger partial charge on any atom is -0.455 e. The molecular weight excluding hydrogens is 390 g/mol. The van der Waals surface area contributed by atoms with Gasteiger partial charge in [0.05, 0.1) is 10.8 Å². The summed E-state index contributed by atoms with van der Waals surface area (Å²) >= 11 is 0. The minimum atomic E-state index is -0.704. The molecule has 0 bridgehead atoms. The molecule has 1 aliphatic heterocycles. The number of non-ortho nitro benzene ring substituents is 1. The third kappa shape index (κ3) is 4.99.